The summed E-state index contributed by atoms with van der Waals surface area (Å²) >= 11 is 0. The first-order valence-electron chi connectivity index (χ1n) is 10.9. The number of hydrogen-bond donors (Lipinski definition) is 2. The number of rotatable bonds is 7. The summed E-state index contributed by atoms with van der Waals surface area (Å²) in [7, 11) is 3.23. The highest BCUT2D eigenvalue weighted by Gasteiger charge is 2.45. The SMILES string of the molecule is COc1ccccc1CCNC(=O)CNC(=O)[C@]1(C)Cn2c(cc3ccccc32)C(=O)N1C. The molecule has 1 aromatic heterocycles. The third-order valence-corrected chi connectivity index (χ3v) is 6.35. The number of methoxy groups -OCH3 is 1. The van der Waals surface area contributed by atoms with Crippen LogP contribution in [0.4, 0.5) is 0 Å². The lowest BCUT2D eigenvalue weighted by Crippen LogP contribution is -2.63. The summed E-state index contributed by atoms with van der Waals surface area (Å²) in [6, 6.07) is 17.2. The van der Waals surface area contributed by atoms with Gasteiger partial charge >= 0.3 is 0 Å². The van der Waals surface area contributed by atoms with Gasteiger partial charge in [0, 0.05) is 24.5 Å². The van der Waals surface area contributed by atoms with Crippen molar-refractivity contribution in [3.63, 3.8) is 0 Å². The molecule has 1 aliphatic rings. The molecule has 2 N–H and O–H groups in total. The molecule has 3 aromatic rings. The van der Waals surface area contributed by atoms with Gasteiger partial charge in [-0.3, -0.25) is 14.4 Å². The van der Waals surface area contributed by atoms with Gasteiger partial charge in [-0.1, -0.05) is 36.4 Å². The summed E-state index contributed by atoms with van der Waals surface area (Å²) in [5, 5.41) is 6.47. The highest BCUT2D eigenvalue weighted by Crippen LogP contribution is 2.31. The van der Waals surface area contributed by atoms with Gasteiger partial charge in [0.05, 0.1) is 20.2 Å². The van der Waals surface area contributed by atoms with E-state index in [2.05, 4.69) is 10.6 Å². The van der Waals surface area contributed by atoms with Gasteiger partial charge in [-0.2, -0.15) is 0 Å². The Kier molecular flexibility index (Phi) is 6.09. The van der Waals surface area contributed by atoms with E-state index in [1.807, 2.05) is 59.2 Å². The number of likely N-dealkylation sites (N-methyl/N-ethyl adjacent to an activating group) is 1. The van der Waals surface area contributed by atoms with Crippen molar-refractivity contribution in [2.75, 3.05) is 27.2 Å². The predicted octanol–water partition coefficient (Wildman–Crippen LogP) is 1.97. The largest absolute Gasteiger partial charge is 0.496 e. The lowest BCUT2D eigenvalue weighted by atomic mass is 9.95. The van der Waals surface area contributed by atoms with Gasteiger partial charge in [0.1, 0.15) is 17.0 Å². The second-order valence-corrected chi connectivity index (χ2v) is 8.41. The first-order valence-corrected chi connectivity index (χ1v) is 10.9. The molecule has 0 unspecified atom stereocenters. The van der Waals surface area contributed by atoms with Crippen LogP contribution in [0.1, 0.15) is 23.0 Å². The maximum absolute atomic E-state index is 13.1. The lowest BCUT2D eigenvalue weighted by Gasteiger charge is -2.41. The zero-order valence-corrected chi connectivity index (χ0v) is 19.1. The van der Waals surface area contributed by atoms with Crippen molar-refractivity contribution in [3.8, 4) is 5.75 Å². The molecule has 0 radical (unpaired) electrons. The van der Waals surface area contributed by atoms with Crippen molar-refractivity contribution < 1.29 is 19.1 Å². The van der Waals surface area contributed by atoms with Gasteiger partial charge in [-0.25, -0.2) is 0 Å². The number of hydrogen-bond acceptors (Lipinski definition) is 4. The molecular formula is C25H28N4O4. The van der Waals surface area contributed by atoms with Gasteiger partial charge in [-0.05, 0) is 37.1 Å². The van der Waals surface area contributed by atoms with Crippen LogP contribution < -0.4 is 15.4 Å². The number of amides is 3. The van der Waals surface area contributed by atoms with E-state index in [1.54, 1.807) is 21.1 Å². The fourth-order valence-electron chi connectivity index (χ4n) is 4.25. The third kappa shape index (κ3) is 4.16. The van der Waals surface area contributed by atoms with Gasteiger partial charge in [-0.15, -0.1) is 0 Å². The van der Waals surface area contributed by atoms with E-state index in [0.29, 0.717) is 25.2 Å². The number of fused-ring (bicyclic) bond motifs is 3. The van der Waals surface area contributed by atoms with Crippen molar-refractivity contribution in [1.82, 2.24) is 20.1 Å². The summed E-state index contributed by atoms with van der Waals surface area (Å²) in [4.78, 5) is 39.9. The average Bonchev–Trinajstić information content (AvgIpc) is 3.19. The Bertz CT molecular complexity index is 1220. The van der Waals surface area contributed by atoms with Crippen molar-refractivity contribution in [2.45, 2.75) is 25.4 Å². The topological polar surface area (TPSA) is 92.7 Å². The van der Waals surface area contributed by atoms with Crippen molar-refractivity contribution in [3.05, 3.63) is 65.9 Å². The molecule has 2 aromatic carbocycles. The van der Waals surface area contributed by atoms with E-state index in [9.17, 15) is 14.4 Å². The van der Waals surface area contributed by atoms with Crippen LogP contribution in [0.3, 0.4) is 0 Å². The van der Waals surface area contributed by atoms with Gasteiger partial charge in [0.15, 0.2) is 0 Å². The van der Waals surface area contributed by atoms with Gasteiger partial charge < -0.3 is 24.8 Å². The number of ether oxygens (including phenoxy) is 1. The Hall–Kier alpha value is -3.81. The van der Waals surface area contributed by atoms with Crippen molar-refractivity contribution in [2.24, 2.45) is 0 Å². The van der Waals surface area contributed by atoms with Crippen LogP contribution in [0.2, 0.25) is 0 Å². The molecule has 0 spiro atoms. The van der Waals surface area contributed by atoms with E-state index in [0.717, 1.165) is 22.2 Å². The van der Waals surface area contributed by atoms with Crippen molar-refractivity contribution >= 4 is 28.6 Å². The average molecular weight is 449 g/mol. The molecule has 8 heteroatoms. The Balaban J connectivity index is 1.37. The minimum atomic E-state index is -1.12. The molecule has 4 rings (SSSR count). The molecule has 8 nitrogen and oxygen atoms in total. The Labute approximate surface area is 192 Å². The molecule has 0 saturated heterocycles. The second kappa shape index (κ2) is 8.97. The van der Waals surface area contributed by atoms with E-state index < -0.39 is 5.54 Å². The number of aromatic nitrogens is 1. The number of para-hydroxylation sites is 2. The smallest absolute Gasteiger partial charge is 0.271 e. The highest BCUT2D eigenvalue weighted by atomic mass is 16.5. The van der Waals surface area contributed by atoms with Crippen LogP contribution in [0, 0.1) is 0 Å². The summed E-state index contributed by atoms with van der Waals surface area (Å²) in [5.74, 6) is -0.119. The van der Waals surface area contributed by atoms with Crippen LogP contribution in [0.25, 0.3) is 10.9 Å². The van der Waals surface area contributed by atoms with Crippen LogP contribution in [0.5, 0.6) is 5.75 Å². The molecule has 0 bridgehead atoms. The summed E-state index contributed by atoms with van der Waals surface area (Å²) < 4.78 is 7.20. The number of carbonyl (C=O) groups is 3. The van der Waals surface area contributed by atoms with E-state index in [-0.39, 0.29) is 24.3 Å². The molecule has 1 aliphatic heterocycles. The molecule has 172 valence electrons. The van der Waals surface area contributed by atoms with E-state index >= 15 is 0 Å². The molecule has 3 amide bonds. The molecular weight excluding hydrogens is 420 g/mol. The van der Waals surface area contributed by atoms with Gasteiger partial charge in [0.25, 0.3) is 5.91 Å². The first-order chi connectivity index (χ1) is 15.8. The van der Waals surface area contributed by atoms with E-state index in [1.165, 1.54) is 4.90 Å². The number of benzene rings is 2. The second-order valence-electron chi connectivity index (χ2n) is 8.41. The zero-order chi connectivity index (χ0) is 23.6. The Morgan fingerprint density at radius 1 is 1.09 bits per heavy atom. The maximum atomic E-state index is 13.1. The molecule has 33 heavy (non-hydrogen) atoms. The molecule has 1 atom stereocenters. The first kappa shape index (κ1) is 22.4. The van der Waals surface area contributed by atoms with Crippen LogP contribution >= 0.6 is 0 Å². The minimum Gasteiger partial charge on any atom is -0.496 e. The van der Waals surface area contributed by atoms with E-state index in [4.69, 9.17) is 4.74 Å². The van der Waals surface area contributed by atoms with Gasteiger partial charge in [0.2, 0.25) is 11.8 Å². The normalized spacial score (nSPS) is 17.5. The fourth-order valence-corrected chi connectivity index (χ4v) is 4.25. The number of carbonyl (C=O) groups excluding carboxylic acids is 3. The minimum absolute atomic E-state index is 0.165. The molecule has 0 aliphatic carbocycles. The van der Waals surface area contributed by atoms with Crippen molar-refractivity contribution in [1.29, 1.82) is 0 Å². The quantitative estimate of drug-likeness (QED) is 0.578. The summed E-state index contributed by atoms with van der Waals surface area (Å²) in [5.41, 5.74) is 1.33. The van der Waals surface area contributed by atoms with Crippen LogP contribution in [-0.2, 0) is 22.6 Å². The standard InChI is InChI=1S/C25H28N4O4/c1-25(16-29-19-10-6-4-9-18(19)14-20(29)23(31)28(25)2)24(32)27-15-22(30)26-13-12-17-8-5-7-11-21(17)33-3/h4-11,14H,12-13,15-16H2,1-3H3,(H,26,30)(H,27,32)/t25-/m0/s1. The maximum Gasteiger partial charge on any atom is 0.271 e. The molecule has 0 saturated carbocycles. The Morgan fingerprint density at radius 3 is 2.61 bits per heavy atom. The monoisotopic (exact) mass is 448 g/mol. The fraction of sp³-hybridized carbons (Fsp3) is 0.320. The number of nitrogens with one attached hydrogen (secondary N) is 2. The third-order valence-electron chi connectivity index (χ3n) is 6.35. The summed E-state index contributed by atoms with van der Waals surface area (Å²) in [6.45, 7) is 2.28. The zero-order valence-electron chi connectivity index (χ0n) is 19.1. The number of nitrogens with zero attached hydrogens (tertiary/aromatic N) is 2. The molecule has 2 heterocycles. The highest BCUT2D eigenvalue weighted by molar-refractivity contribution is 6.03. The lowest BCUT2D eigenvalue weighted by molar-refractivity contribution is -0.134. The van der Waals surface area contributed by atoms with Crippen LogP contribution in [0.15, 0.2) is 54.6 Å². The predicted molar refractivity (Wildman–Crippen MR) is 125 cm³/mol. The van der Waals surface area contributed by atoms with Crippen LogP contribution in [-0.4, -0.2) is 60.0 Å². The summed E-state index contributed by atoms with van der Waals surface area (Å²) in [6.07, 6.45) is 0.613. The Morgan fingerprint density at radius 2 is 1.82 bits per heavy atom. The molecule has 0 fully saturated rings.